The molecule has 0 nitrogen and oxygen atoms in total. The van der Waals surface area contributed by atoms with E-state index >= 15 is 0 Å². The first kappa shape index (κ1) is 11.5. The second kappa shape index (κ2) is 5.37. The molecular weight excluding hydrogens is 180 g/mol. The first-order valence-corrected chi connectivity index (χ1v) is 6.90. The zero-order valence-electron chi connectivity index (χ0n) is 10.4. The number of hydrogen-bond acceptors (Lipinski definition) is 0. The third-order valence-electron chi connectivity index (χ3n) is 4.78. The van der Waals surface area contributed by atoms with Crippen LogP contribution in [0.2, 0.25) is 0 Å². The zero-order chi connectivity index (χ0) is 10.7. The Hall–Kier alpha value is 0. The highest BCUT2D eigenvalue weighted by atomic mass is 14.3. The Morgan fingerprint density at radius 1 is 0.867 bits per heavy atom. The second-order valence-electron chi connectivity index (χ2n) is 5.91. The van der Waals surface area contributed by atoms with Gasteiger partial charge in [-0.25, -0.2) is 0 Å². The predicted octanol–water partition coefficient (Wildman–Crippen LogP) is 4.66. The second-order valence-corrected chi connectivity index (χ2v) is 5.91. The Labute approximate surface area is 95.8 Å². The van der Waals surface area contributed by atoms with E-state index in [-0.39, 0.29) is 0 Å². The van der Waals surface area contributed by atoms with Crippen molar-refractivity contribution in [2.24, 2.45) is 23.7 Å². The summed E-state index contributed by atoms with van der Waals surface area (Å²) in [7, 11) is 0. The van der Waals surface area contributed by atoms with Gasteiger partial charge in [0.2, 0.25) is 0 Å². The van der Waals surface area contributed by atoms with Gasteiger partial charge in [-0.1, -0.05) is 13.8 Å². The lowest BCUT2D eigenvalue weighted by molar-refractivity contribution is 0.181. The third-order valence-corrected chi connectivity index (χ3v) is 4.78. The summed E-state index contributed by atoms with van der Waals surface area (Å²) in [6.07, 6.45) is 14.9. The fourth-order valence-corrected chi connectivity index (χ4v) is 3.47. The maximum Gasteiger partial charge on any atom is -0.0383 e. The van der Waals surface area contributed by atoms with E-state index in [1.807, 2.05) is 0 Å². The van der Waals surface area contributed by atoms with Crippen LogP contribution < -0.4 is 0 Å². The topological polar surface area (TPSA) is 0 Å². The van der Waals surface area contributed by atoms with Crippen molar-refractivity contribution >= 4 is 0 Å². The molecule has 4 unspecified atom stereocenters. The van der Waals surface area contributed by atoms with Crippen molar-refractivity contribution in [3.05, 3.63) is 12.8 Å². The van der Waals surface area contributed by atoms with Crippen LogP contribution in [0, 0.1) is 36.5 Å². The molecule has 2 saturated carbocycles. The molecule has 86 valence electrons. The first-order chi connectivity index (χ1) is 7.27. The van der Waals surface area contributed by atoms with Crippen molar-refractivity contribution in [3.63, 3.8) is 0 Å². The summed E-state index contributed by atoms with van der Waals surface area (Å²) in [4.78, 5) is 0. The molecule has 0 amide bonds. The van der Waals surface area contributed by atoms with Crippen LogP contribution in [0.5, 0.6) is 0 Å². The maximum atomic E-state index is 2.50. The molecule has 0 heteroatoms. The van der Waals surface area contributed by atoms with E-state index in [0.717, 1.165) is 23.7 Å². The molecule has 15 heavy (non-hydrogen) atoms. The molecule has 2 fully saturated rings. The van der Waals surface area contributed by atoms with Gasteiger partial charge in [0, 0.05) is 0 Å². The summed E-state index contributed by atoms with van der Waals surface area (Å²) in [6.45, 7) is 4.92. The van der Waals surface area contributed by atoms with Crippen molar-refractivity contribution in [2.45, 2.75) is 58.8 Å². The molecule has 2 radical (unpaired) electrons. The van der Waals surface area contributed by atoms with Gasteiger partial charge in [0.1, 0.15) is 0 Å². The van der Waals surface area contributed by atoms with Crippen LogP contribution in [0.4, 0.5) is 0 Å². The Morgan fingerprint density at radius 2 is 1.33 bits per heavy atom. The summed E-state index contributed by atoms with van der Waals surface area (Å²) in [5.41, 5.74) is 0. The summed E-state index contributed by atoms with van der Waals surface area (Å²) in [6, 6.07) is 0. The zero-order valence-corrected chi connectivity index (χ0v) is 10.4. The largest absolute Gasteiger partial charge is 0.0622 e. The molecule has 0 aliphatic heterocycles. The fourth-order valence-electron chi connectivity index (χ4n) is 3.47. The SMILES string of the molecule is CC1C[CH]CCC1CC1CC[CH]CC1C. The normalized spacial score (nSPS) is 42.8. The molecule has 2 aliphatic rings. The molecule has 0 heterocycles. The lowest BCUT2D eigenvalue weighted by atomic mass is 9.70. The highest BCUT2D eigenvalue weighted by Gasteiger charge is 2.28. The maximum absolute atomic E-state index is 2.50. The summed E-state index contributed by atoms with van der Waals surface area (Å²) in [5.74, 6) is 3.97. The van der Waals surface area contributed by atoms with Crippen LogP contribution in [0.15, 0.2) is 0 Å². The van der Waals surface area contributed by atoms with Crippen molar-refractivity contribution in [1.29, 1.82) is 0 Å². The van der Waals surface area contributed by atoms with Crippen molar-refractivity contribution in [1.82, 2.24) is 0 Å². The summed E-state index contributed by atoms with van der Waals surface area (Å²) < 4.78 is 0. The Morgan fingerprint density at radius 3 is 1.73 bits per heavy atom. The Bertz CT molecular complexity index is 164. The van der Waals surface area contributed by atoms with Crippen LogP contribution in [0.3, 0.4) is 0 Å². The molecular formula is C15H26. The van der Waals surface area contributed by atoms with E-state index in [4.69, 9.17) is 0 Å². The lowest BCUT2D eigenvalue weighted by Gasteiger charge is -2.36. The molecule has 0 aromatic carbocycles. The van der Waals surface area contributed by atoms with Crippen LogP contribution in [-0.2, 0) is 0 Å². The standard InChI is InChI=1S/C15H26/c1-12-7-3-5-9-14(12)11-15-10-6-4-8-13(15)2/h3-4,12-15H,5-11H2,1-2H3. The number of hydrogen-bond donors (Lipinski definition) is 0. The van der Waals surface area contributed by atoms with Gasteiger partial charge >= 0.3 is 0 Å². The smallest absolute Gasteiger partial charge is 0.0383 e. The molecule has 2 rings (SSSR count). The molecule has 0 aromatic rings. The highest BCUT2D eigenvalue weighted by molar-refractivity contribution is 4.87. The molecule has 0 N–H and O–H groups in total. The minimum Gasteiger partial charge on any atom is -0.0622 e. The quantitative estimate of drug-likeness (QED) is 0.616. The monoisotopic (exact) mass is 206 g/mol. The molecule has 0 spiro atoms. The van der Waals surface area contributed by atoms with Gasteiger partial charge < -0.3 is 0 Å². The van der Waals surface area contributed by atoms with E-state index in [2.05, 4.69) is 26.7 Å². The first-order valence-electron chi connectivity index (χ1n) is 6.90. The average Bonchev–Trinajstić information content (AvgIpc) is 2.24. The van der Waals surface area contributed by atoms with Gasteiger partial charge in [0.25, 0.3) is 0 Å². The third kappa shape index (κ3) is 2.98. The highest BCUT2D eigenvalue weighted by Crippen LogP contribution is 2.39. The Kier molecular flexibility index (Phi) is 4.11. The van der Waals surface area contributed by atoms with E-state index in [9.17, 15) is 0 Å². The molecule has 4 atom stereocenters. The van der Waals surface area contributed by atoms with Crippen LogP contribution in [-0.4, -0.2) is 0 Å². The van der Waals surface area contributed by atoms with E-state index in [1.165, 1.54) is 44.9 Å². The van der Waals surface area contributed by atoms with E-state index < -0.39 is 0 Å². The molecule has 0 saturated heterocycles. The average molecular weight is 206 g/mol. The van der Waals surface area contributed by atoms with Gasteiger partial charge in [0.15, 0.2) is 0 Å². The van der Waals surface area contributed by atoms with Crippen molar-refractivity contribution in [2.75, 3.05) is 0 Å². The van der Waals surface area contributed by atoms with Crippen molar-refractivity contribution < 1.29 is 0 Å². The predicted molar refractivity (Wildman–Crippen MR) is 66.2 cm³/mol. The van der Waals surface area contributed by atoms with Gasteiger partial charge in [0.05, 0.1) is 0 Å². The van der Waals surface area contributed by atoms with E-state index in [0.29, 0.717) is 0 Å². The van der Waals surface area contributed by atoms with Gasteiger partial charge in [-0.15, -0.1) is 0 Å². The van der Waals surface area contributed by atoms with Crippen LogP contribution in [0.25, 0.3) is 0 Å². The molecule has 0 aromatic heterocycles. The Balaban J connectivity index is 1.83. The molecule has 2 aliphatic carbocycles. The fraction of sp³-hybridized carbons (Fsp3) is 0.867. The summed E-state index contributed by atoms with van der Waals surface area (Å²) >= 11 is 0. The minimum absolute atomic E-state index is 0.955. The summed E-state index contributed by atoms with van der Waals surface area (Å²) in [5, 5.41) is 0. The van der Waals surface area contributed by atoms with E-state index in [1.54, 1.807) is 0 Å². The number of rotatable bonds is 2. The van der Waals surface area contributed by atoms with Gasteiger partial charge in [-0.3, -0.25) is 0 Å². The lowest BCUT2D eigenvalue weighted by Crippen LogP contribution is -2.25. The minimum atomic E-state index is 0.955. The van der Waals surface area contributed by atoms with Crippen LogP contribution >= 0.6 is 0 Å². The molecule has 0 bridgehead atoms. The van der Waals surface area contributed by atoms with Crippen LogP contribution in [0.1, 0.15) is 58.8 Å². The van der Waals surface area contributed by atoms with Crippen molar-refractivity contribution in [3.8, 4) is 0 Å². The van der Waals surface area contributed by atoms with Gasteiger partial charge in [-0.2, -0.15) is 0 Å². The van der Waals surface area contributed by atoms with Gasteiger partial charge in [-0.05, 0) is 81.5 Å².